The molecular formula is C9H15Cl2N3O3S2. The van der Waals surface area contributed by atoms with Gasteiger partial charge in [0.2, 0.25) is 15.9 Å². The Morgan fingerprint density at radius 3 is 2.58 bits per heavy atom. The van der Waals surface area contributed by atoms with Crippen LogP contribution in [0.15, 0.2) is 16.3 Å². The molecule has 0 aliphatic rings. The molecular weight excluding hydrogens is 333 g/mol. The van der Waals surface area contributed by atoms with E-state index in [1.807, 2.05) is 0 Å². The van der Waals surface area contributed by atoms with Crippen molar-refractivity contribution in [2.24, 2.45) is 5.73 Å². The van der Waals surface area contributed by atoms with Gasteiger partial charge in [-0.05, 0) is 19.1 Å². The lowest BCUT2D eigenvalue weighted by molar-refractivity contribution is -0.121. The lowest BCUT2D eigenvalue weighted by Crippen LogP contribution is -2.41. The van der Waals surface area contributed by atoms with Gasteiger partial charge in [-0.3, -0.25) is 4.79 Å². The number of halogens is 2. The molecule has 4 N–H and O–H groups in total. The minimum absolute atomic E-state index is 0. The van der Waals surface area contributed by atoms with Crippen LogP contribution >= 0.6 is 35.3 Å². The van der Waals surface area contributed by atoms with Gasteiger partial charge >= 0.3 is 0 Å². The number of thiophene rings is 1. The molecule has 1 rings (SSSR count). The van der Waals surface area contributed by atoms with Gasteiger partial charge in [0.25, 0.3) is 0 Å². The fourth-order valence-electron chi connectivity index (χ4n) is 1.05. The summed E-state index contributed by atoms with van der Waals surface area (Å²) in [6.45, 7) is 1.82. The second-order valence-corrected chi connectivity index (χ2v) is 7.24. The van der Waals surface area contributed by atoms with Crippen molar-refractivity contribution in [2.45, 2.75) is 17.2 Å². The van der Waals surface area contributed by atoms with Crippen LogP contribution in [0.25, 0.3) is 0 Å². The first-order valence-electron chi connectivity index (χ1n) is 5.11. The minimum Gasteiger partial charge on any atom is -0.353 e. The van der Waals surface area contributed by atoms with E-state index >= 15 is 0 Å². The molecule has 10 heteroatoms. The summed E-state index contributed by atoms with van der Waals surface area (Å²) >= 11 is 6.63. The van der Waals surface area contributed by atoms with Gasteiger partial charge in [-0.1, -0.05) is 11.6 Å². The van der Waals surface area contributed by atoms with Crippen LogP contribution in [-0.4, -0.2) is 33.5 Å². The van der Waals surface area contributed by atoms with Gasteiger partial charge in [0, 0.05) is 13.1 Å². The van der Waals surface area contributed by atoms with E-state index in [2.05, 4.69) is 10.0 Å². The Morgan fingerprint density at radius 1 is 1.47 bits per heavy atom. The van der Waals surface area contributed by atoms with E-state index < -0.39 is 16.1 Å². The number of carbonyl (C=O) groups excluding carboxylic acids is 1. The summed E-state index contributed by atoms with van der Waals surface area (Å²) in [5, 5.41) is 2.50. The van der Waals surface area contributed by atoms with Crippen molar-refractivity contribution in [2.75, 3.05) is 13.1 Å². The third kappa shape index (κ3) is 6.07. The fraction of sp³-hybridized carbons (Fsp3) is 0.444. The topological polar surface area (TPSA) is 101 Å². The maximum atomic E-state index is 11.7. The van der Waals surface area contributed by atoms with Crippen LogP contribution in [-0.2, 0) is 14.8 Å². The standard InChI is InChI=1S/C9H14ClN3O3S2.ClH/c1-6(11)9(14)12-4-5-13-18(15,16)8-3-2-7(10)17-8;/h2-3,6,13H,4-5,11H2,1H3,(H,12,14);1H. The second kappa shape index (κ2) is 8.03. The van der Waals surface area contributed by atoms with E-state index in [9.17, 15) is 13.2 Å². The number of carbonyl (C=O) groups is 1. The van der Waals surface area contributed by atoms with E-state index in [0.29, 0.717) is 4.34 Å². The zero-order valence-electron chi connectivity index (χ0n) is 10.1. The summed E-state index contributed by atoms with van der Waals surface area (Å²) in [7, 11) is -3.56. The smallest absolute Gasteiger partial charge is 0.250 e. The van der Waals surface area contributed by atoms with Crippen LogP contribution < -0.4 is 15.8 Å². The zero-order chi connectivity index (χ0) is 13.8. The summed E-state index contributed by atoms with van der Waals surface area (Å²) < 4.78 is 26.4. The highest BCUT2D eigenvalue weighted by Crippen LogP contribution is 2.24. The molecule has 1 unspecified atom stereocenters. The minimum atomic E-state index is -3.56. The number of nitrogens with one attached hydrogen (secondary N) is 2. The molecule has 0 aliphatic heterocycles. The maximum absolute atomic E-state index is 11.7. The Morgan fingerprint density at radius 2 is 2.11 bits per heavy atom. The first kappa shape index (κ1) is 18.6. The predicted molar refractivity (Wildman–Crippen MR) is 78.4 cm³/mol. The molecule has 0 aliphatic carbocycles. The van der Waals surface area contributed by atoms with Crippen LogP contribution in [0.5, 0.6) is 0 Å². The van der Waals surface area contributed by atoms with Crippen molar-refractivity contribution in [1.82, 2.24) is 10.0 Å². The van der Waals surface area contributed by atoms with Crippen LogP contribution in [0, 0.1) is 0 Å². The molecule has 0 bridgehead atoms. The average Bonchev–Trinajstić information content (AvgIpc) is 2.71. The molecule has 0 fully saturated rings. The van der Waals surface area contributed by atoms with E-state index in [4.69, 9.17) is 17.3 Å². The molecule has 19 heavy (non-hydrogen) atoms. The molecule has 0 saturated heterocycles. The van der Waals surface area contributed by atoms with Gasteiger partial charge in [0.05, 0.1) is 10.4 Å². The molecule has 1 heterocycles. The Labute approximate surface area is 127 Å². The summed E-state index contributed by atoms with van der Waals surface area (Å²) in [5.41, 5.74) is 5.33. The molecule has 1 atom stereocenters. The molecule has 1 aromatic rings. The summed E-state index contributed by atoms with van der Waals surface area (Å²) in [5.74, 6) is -0.326. The number of rotatable bonds is 6. The SMILES string of the molecule is CC(N)C(=O)NCCNS(=O)(=O)c1ccc(Cl)s1.Cl. The molecule has 0 radical (unpaired) electrons. The van der Waals surface area contributed by atoms with Crippen LogP contribution in [0.4, 0.5) is 0 Å². The zero-order valence-corrected chi connectivity index (χ0v) is 13.3. The average molecular weight is 348 g/mol. The van der Waals surface area contributed by atoms with Crippen LogP contribution in [0.2, 0.25) is 4.34 Å². The predicted octanol–water partition coefficient (Wildman–Crippen LogP) is 0.565. The third-order valence-corrected chi connectivity index (χ3v) is 5.13. The quantitative estimate of drug-likeness (QED) is 0.654. The monoisotopic (exact) mass is 347 g/mol. The first-order valence-corrected chi connectivity index (χ1v) is 7.79. The normalized spacial score (nSPS) is 12.6. The highest BCUT2D eigenvalue weighted by molar-refractivity contribution is 7.91. The molecule has 1 amide bonds. The molecule has 110 valence electrons. The number of sulfonamides is 1. The lowest BCUT2D eigenvalue weighted by atomic mass is 10.3. The van der Waals surface area contributed by atoms with Crippen LogP contribution in [0.1, 0.15) is 6.92 Å². The second-order valence-electron chi connectivity index (χ2n) is 3.54. The number of hydrogen-bond acceptors (Lipinski definition) is 5. The molecule has 0 spiro atoms. The van der Waals surface area contributed by atoms with Crippen molar-refractivity contribution in [3.05, 3.63) is 16.5 Å². The number of nitrogens with two attached hydrogens (primary N) is 1. The largest absolute Gasteiger partial charge is 0.353 e. The van der Waals surface area contributed by atoms with Gasteiger partial charge < -0.3 is 11.1 Å². The first-order chi connectivity index (χ1) is 8.33. The molecule has 0 saturated carbocycles. The van der Waals surface area contributed by atoms with Gasteiger partial charge in [0.1, 0.15) is 4.21 Å². The molecule has 1 aromatic heterocycles. The molecule has 6 nitrogen and oxygen atoms in total. The maximum Gasteiger partial charge on any atom is 0.250 e. The Hall–Kier alpha value is -0.380. The highest BCUT2D eigenvalue weighted by atomic mass is 35.5. The third-order valence-electron chi connectivity index (χ3n) is 1.94. The number of amides is 1. The van der Waals surface area contributed by atoms with Crippen molar-refractivity contribution >= 4 is 51.3 Å². The van der Waals surface area contributed by atoms with E-state index in [-0.39, 0.29) is 35.6 Å². The lowest BCUT2D eigenvalue weighted by Gasteiger charge is -2.08. The van der Waals surface area contributed by atoms with Crippen LogP contribution in [0.3, 0.4) is 0 Å². The fourth-order valence-corrected chi connectivity index (χ4v) is 3.60. The Balaban J connectivity index is 0.00000324. The highest BCUT2D eigenvalue weighted by Gasteiger charge is 2.16. The molecule has 0 aromatic carbocycles. The van der Waals surface area contributed by atoms with E-state index in [0.717, 1.165) is 11.3 Å². The van der Waals surface area contributed by atoms with Gasteiger partial charge in [-0.15, -0.1) is 23.7 Å². The van der Waals surface area contributed by atoms with Gasteiger partial charge in [-0.25, -0.2) is 13.1 Å². The van der Waals surface area contributed by atoms with Crippen molar-refractivity contribution in [3.8, 4) is 0 Å². The number of hydrogen-bond donors (Lipinski definition) is 3. The van der Waals surface area contributed by atoms with Crippen molar-refractivity contribution in [1.29, 1.82) is 0 Å². The van der Waals surface area contributed by atoms with E-state index in [1.165, 1.54) is 12.1 Å². The summed E-state index contributed by atoms with van der Waals surface area (Å²) in [6.07, 6.45) is 0. The summed E-state index contributed by atoms with van der Waals surface area (Å²) in [4.78, 5) is 11.1. The Kier molecular flexibility index (Phi) is 7.87. The van der Waals surface area contributed by atoms with E-state index in [1.54, 1.807) is 6.92 Å². The van der Waals surface area contributed by atoms with Gasteiger partial charge in [-0.2, -0.15) is 0 Å². The van der Waals surface area contributed by atoms with Gasteiger partial charge in [0.15, 0.2) is 0 Å². The van der Waals surface area contributed by atoms with Crippen molar-refractivity contribution < 1.29 is 13.2 Å². The van der Waals surface area contributed by atoms with Crippen molar-refractivity contribution in [3.63, 3.8) is 0 Å². The summed E-state index contributed by atoms with van der Waals surface area (Å²) in [6, 6.07) is 2.33. The Bertz CT molecular complexity index is 517.